The molecule has 10 amide bonds. The smallest absolute Gasteiger partial charge is 0.416 e. The Hall–Kier alpha value is -14.4. The first-order valence-electron chi connectivity index (χ1n) is 47.4. The highest BCUT2D eigenvalue weighted by Gasteiger charge is 2.40. The predicted octanol–water partition coefficient (Wildman–Crippen LogP) is 16.2. The first-order chi connectivity index (χ1) is 68.1. The number of nitrogens with zero attached hydrogens (tertiary/aromatic N) is 16. The lowest BCUT2D eigenvalue weighted by Gasteiger charge is -2.27. The summed E-state index contributed by atoms with van der Waals surface area (Å²) in [6.45, 7) is 23.3. The van der Waals surface area contributed by atoms with Crippen LogP contribution >= 0.6 is 23.2 Å². The van der Waals surface area contributed by atoms with Crippen LogP contribution < -0.4 is 26.6 Å². The number of likely N-dealkylation sites (N-methyl/N-ethyl adjacent to an activating group) is 4. The predicted molar refractivity (Wildman–Crippen MR) is 540 cm³/mol. The molecule has 756 valence electrons. The van der Waals surface area contributed by atoms with Crippen LogP contribution in [0.15, 0.2) is 213 Å². The summed E-state index contributed by atoms with van der Waals surface area (Å²) >= 11 is 11.7. The fourth-order valence-electron chi connectivity index (χ4n) is 17.3. The van der Waals surface area contributed by atoms with Crippen LogP contribution in [0.25, 0.3) is 0 Å². The van der Waals surface area contributed by atoms with Gasteiger partial charge in [-0.05, 0) is 192 Å². The first kappa shape index (κ1) is 107. The van der Waals surface area contributed by atoms with Crippen LogP contribution in [0.3, 0.4) is 0 Å². The summed E-state index contributed by atoms with van der Waals surface area (Å²) in [6, 6.07) is 48.5. The molecule has 5 N–H and O–H groups in total. The van der Waals surface area contributed by atoms with E-state index in [-0.39, 0.29) is 113 Å². The summed E-state index contributed by atoms with van der Waals surface area (Å²) in [5.41, 5.74) is 5.86. The molecule has 6 saturated heterocycles. The Labute approximate surface area is 840 Å². The third-order valence-electron chi connectivity index (χ3n) is 26.5. The molecular formula is C105H123Cl2F4N21O11. The molecule has 0 spiro atoms. The van der Waals surface area contributed by atoms with Gasteiger partial charge < -0.3 is 75.4 Å². The topological polar surface area (TPSA) is 350 Å². The van der Waals surface area contributed by atoms with E-state index < -0.39 is 17.8 Å². The summed E-state index contributed by atoms with van der Waals surface area (Å²) in [5, 5.41) is 17.2. The van der Waals surface area contributed by atoms with Crippen LogP contribution in [-0.2, 0) is 42.2 Å². The van der Waals surface area contributed by atoms with Crippen molar-refractivity contribution in [3.05, 3.63) is 290 Å². The second-order valence-corrected chi connectivity index (χ2v) is 37.6. The van der Waals surface area contributed by atoms with Crippen LogP contribution in [0.1, 0.15) is 198 Å². The van der Waals surface area contributed by atoms with Crippen LogP contribution in [0.2, 0.25) is 10.0 Å². The molecule has 4 aromatic carbocycles. The molecule has 10 aromatic rings. The summed E-state index contributed by atoms with van der Waals surface area (Å²) in [4.78, 5) is 164. The quantitative estimate of drug-likeness (QED) is 0.0332. The van der Waals surface area contributed by atoms with Crippen LogP contribution in [0.5, 0.6) is 0 Å². The minimum atomic E-state index is -4.40. The van der Waals surface area contributed by atoms with Crippen molar-refractivity contribution in [2.75, 3.05) is 133 Å². The summed E-state index contributed by atoms with van der Waals surface area (Å²) in [7, 11) is 7.05. The Bertz CT molecular complexity index is 6040. The minimum Gasteiger partial charge on any atom is -0.448 e. The SMILES string of the molecule is CC(=O)N(C)[C@H]1CCN(C(=O)c2ccc(NCc3cccnc3)nc2)C1.CC(=O)N(C)[C@H]1CCN(C(=O)c2ccc(N[C@@H](C)c3ccc(Cl)cc3)nc2)C1.CC(=O)N(C)[C@H]1CCN(C(=O)c2ccc(N[C@@H](C)c3ccc(Cl)cc3F)nc2)C1.CC(=O)N(C)[C@H]1CCN(C(=O)c2ccc(N[C@@H](C)c3cccc(C(F)(F)F)c3)nc2)C1.CC(C)(Nc1ccc(C(=O)N2CC[C@H](N3CCOC3=O)C2)cn1)c1ccccc1. The molecule has 6 fully saturated rings. The lowest BCUT2D eigenvalue weighted by atomic mass is 9.94. The monoisotopic (exact) mass is 2000 g/mol. The molecule has 8 atom stereocenters. The lowest BCUT2D eigenvalue weighted by molar-refractivity contribution is -0.137. The van der Waals surface area contributed by atoms with Gasteiger partial charge >= 0.3 is 12.3 Å². The zero-order valence-corrected chi connectivity index (χ0v) is 84.0. The number of rotatable bonds is 25. The number of cyclic esters (lactones) is 1. The number of benzene rings is 4. The van der Waals surface area contributed by atoms with Crippen LogP contribution in [0.4, 0.5) is 51.4 Å². The molecule has 143 heavy (non-hydrogen) atoms. The van der Waals surface area contributed by atoms with Crippen molar-refractivity contribution in [1.82, 2.24) is 78.9 Å². The number of hydrogen-bond donors (Lipinski definition) is 5. The Morgan fingerprint density at radius 1 is 0.427 bits per heavy atom. The Balaban J connectivity index is 0.000000160. The normalized spacial score (nSPS) is 17.5. The zero-order valence-electron chi connectivity index (χ0n) is 82.5. The second kappa shape index (κ2) is 49.3. The zero-order chi connectivity index (χ0) is 103. The number of halogens is 6. The number of likely N-dealkylation sites (tertiary alicyclic amines) is 5. The van der Waals surface area contributed by atoms with E-state index in [9.17, 15) is 65.5 Å². The lowest BCUT2D eigenvalue weighted by Crippen LogP contribution is -2.39. The molecule has 6 aliphatic rings. The van der Waals surface area contributed by atoms with E-state index in [1.165, 1.54) is 38.4 Å². The van der Waals surface area contributed by atoms with Gasteiger partial charge in [-0.15, -0.1) is 0 Å². The molecule has 6 aromatic heterocycles. The maximum Gasteiger partial charge on any atom is 0.416 e. The van der Waals surface area contributed by atoms with Gasteiger partial charge in [-0.2, -0.15) is 13.2 Å². The average Bonchev–Trinajstić information content (AvgIpc) is 1.68. The largest absolute Gasteiger partial charge is 0.448 e. The van der Waals surface area contributed by atoms with E-state index in [2.05, 4.69) is 82.5 Å². The Morgan fingerprint density at radius 3 is 1.20 bits per heavy atom. The van der Waals surface area contributed by atoms with E-state index in [1.54, 1.807) is 196 Å². The fourth-order valence-corrected chi connectivity index (χ4v) is 17.6. The number of hydrogen-bond acceptors (Lipinski definition) is 22. The van der Waals surface area contributed by atoms with Gasteiger partial charge in [0.05, 0.1) is 81.7 Å². The van der Waals surface area contributed by atoms with Crippen molar-refractivity contribution >= 4 is 112 Å². The van der Waals surface area contributed by atoms with Gasteiger partial charge in [-0.25, -0.2) is 34.1 Å². The third-order valence-corrected chi connectivity index (χ3v) is 26.9. The fraction of sp³-hybridized carbons (Fsp3) is 0.390. The van der Waals surface area contributed by atoms with E-state index in [0.717, 1.165) is 66.7 Å². The third kappa shape index (κ3) is 29.4. The maximum atomic E-state index is 14.1. The highest BCUT2D eigenvalue weighted by Crippen LogP contribution is 2.34. The Morgan fingerprint density at radius 2 is 0.818 bits per heavy atom. The number of nitrogens with one attached hydrogen (secondary N) is 5. The van der Waals surface area contributed by atoms with Crippen molar-refractivity contribution < 1.29 is 70.2 Å². The highest BCUT2D eigenvalue weighted by atomic mass is 35.5. The van der Waals surface area contributed by atoms with Gasteiger partial charge in [0, 0.05) is 199 Å². The highest BCUT2D eigenvalue weighted by molar-refractivity contribution is 6.30. The number of carbonyl (C=O) groups is 10. The van der Waals surface area contributed by atoms with E-state index in [0.29, 0.717) is 157 Å². The molecule has 0 aliphatic carbocycles. The van der Waals surface area contributed by atoms with Gasteiger partial charge in [0.15, 0.2) is 0 Å². The molecule has 0 bridgehead atoms. The van der Waals surface area contributed by atoms with Gasteiger partial charge in [0.25, 0.3) is 29.5 Å². The molecule has 38 heteroatoms. The van der Waals surface area contributed by atoms with Gasteiger partial charge in [0.2, 0.25) is 23.6 Å². The number of alkyl halides is 3. The number of pyridine rings is 6. The number of carbonyl (C=O) groups excluding carboxylic acids is 10. The first-order valence-corrected chi connectivity index (χ1v) is 48.2. The van der Waals surface area contributed by atoms with Crippen LogP contribution in [-0.4, -0.2) is 275 Å². The van der Waals surface area contributed by atoms with Crippen molar-refractivity contribution in [2.45, 2.75) is 161 Å². The molecule has 0 saturated carbocycles. The maximum absolute atomic E-state index is 14.1. The molecule has 32 nitrogen and oxygen atoms in total. The van der Waals surface area contributed by atoms with E-state index in [1.807, 2.05) is 80.6 Å². The van der Waals surface area contributed by atoms with Crippen molar-refractivity contribution in [3.8, 4) is 0 Å². The van der Waals surface area contributed by atoms with Gasteiger partial charge in [0.1, 0.15) is 41.5 Å². The van der Waals surface area contributed by atoms with Crippen molar-refractivity contribution in [2.24, 2.45) is 0 Å². The van der Waals surface area contributed by atoms with E-state index >= 15 is 0 Å². The minimum absolute atomic E-state index is 0.00339. The summed E-state index contributed by atoms with van der Waals surface area (Å²) in [6.07, 6.45) is 10.5. The molecule has 0 unspecified atom stereocenters. The van der Waals surface area contributed by atoms with Gasteiger partial charge in [-0.1, -0.05) is 89.9 Å². The van der Waals surface area contributed by atoms with Gasteiger partial charge in [-0.3, -0.25) is 53.0 Å². The van der Waals surface area contributed by atoms with Crippen LogP contribution in [0, 0.1) is 5.82 Å². The molecule has 0 radical (unpaired) electrons. The standard InChI is InChI=1S/C22H25F3N4O2.C22H26N4O3.C21H24ClFN4O2.C21H25ClN4O2.C19H23N5O2/c1-14(16-5-4-6-18(11-16)22(23,24)25)27-20-8-7-17(12-26-20)21(31)29-10-9-19(13-29)28(3)15(2)30;1-22(2,17-6-4-3-5-7-17)24-19-9-8-16(14-23-19)20(27)25-11-10-18(15-25)26-12-13-29-21(26)28;1-13(18-6-5-16(22)10-19(18)23)25-20-7-4-15(11-24-20)21(29)27-9-8-17(12-27)26(3)14(2)28;1-14(16-4-7-18(22)8-5-16)24-20-9-6-17(12-23-20)21(28)26-11-10-19(13-26)25(3)15(2)27;1-14(25)23(2)17-7-9-24(13-17)19(26)16-5-6-18(22-12-16)21-11-15-4-3-8-20-10-15/h4-8,11-12,14,19H,9-10,13H2,1-3H3,(H,26,27);3-9,14,18H,10-13,15H2,1-2H3,(H,23,24);4-7,10-11,13,17H,8-9,12H2,1-3H3,(H,24,25);4-9,12,14,19H,10-11,13H2,1-3H3,(H,23,24);3-6,8,10,12,17H,7,9,11,13H2,1-2H3,(H,21,22)/t14-,19-;18-;13-,17-;14-,19-;17-/m00000/s1. The second-order valence-electron chi connectivity index (χ2n) is 36.7. The molecule has 16 rings (SSSR count). The summed E-state index contributed by atoms with van der Waals surface area (Å²) < 4.78 is 57.9. The van der Waals surface area contributed by atoms with Crippen molar-refractivity contribution in [3.63, 3.8) is 0 Å². The molecule has 6 aliphatic heterocycles. The number of aromatic nitrogens is 6. The Kier molecular flexibility index (Phi) is 37.1. The number of amides is 10. The average molecular weight is 2000 g/mol. The van der Waals surface area contributed by atoms with Crippen molar-refractivity contribution in [1.29, 1.82) is 0 Å². The molecule has 12 heterocycles. The summed E-state index contributed by atoms with van der Waals surface area (Å²) in [5.74, 6) is 2.32. The molecular weight excluding hydrogens is 1880 g/mol. The number of anilines is 5. The number of ether oxygens (including phenoxy) is 1. The van der Waals surface area contributed by atoms with E-state index in [4.69, 9.17) is 27.9 Å².